The molecule has 0 heterocycles. The predicted octanol–water partition coefficient (Wildman–Crippen LogP) is 1.33. The molecule has 0 aromatic rings. The molecule has 0 fully saturated rings. The Morgan fingerprint density at radius 3 is 2.00 bits per heavy atom. The van der Waals surface area contributed by atoms with Gasteiger partial charge >= 0.3 is 6.16 Å². The molecule has 0 aromatic carbocycles. The van der Waals surface area contributed by atoms with Crippen LogP contribution < -0.4 is 0 Å². The van der Waals surface area contributed by atoms with E-state index in [-0.39, 0.29) is 5.91 Å². The number of hydroxylamine groups is 2. The molecule has 5 nitrogen and oxygen atoms in total. The second-order valence-corrected chi connectivity index (χ2v) is 3.57. The summed E-state index contributed by atoms with van der Waals surface area (Å²) in [5.74, 6) is -0.370. The van der Waals surface area contributed by atoms with Gasteiger partial charge in [-0.15, -0.1) is 0 Å². The smallest absolute Gasteiger partial charge is 0.427 e. The molecule has 0 N–H and O–H groups in total. The van der Waals surface area contributed by atoms with Crippen molar-refractivity contribution in [3.63, 3.8) is 0 Å². The SMILES string of the molecule is CC(=O)N(C)OC(=O)OC(C)(C)C. The molecule has 0 aliphatic carbocycles. The van der Waals surface area contributed by atoms with Crippen LogP contribution in [0.25, 0.3) is 0 Å². The predicted molar refractivity (Wildman–Crippen MR) is 45.8 cm³/mol. The summed E-state index contributed by atoms with van der Waals surface area (Å²) in [4.78, 5) is 26.1. The number of ether oxygens (including phenoxy) is 1. The fourth-order valence-corrected chi connectivity index (χ4v) is 0.445. The summed E-state index contributed by atoms with van der Waals surface area (Å²) >= 11 is 0. The van der Waals surface area contributed by atoms with Crippen LogP contribution in [0.4, 0.5) is 4.79 Å². The third-order valence-electron chi connectivity index (χ3n) is 1.04. The van der Waals surface area contributed by atoms with Crippen molar-refractivity contribution in [1.29, 1.82) is 0 Å². The summed E-state index contributed by atoms with van der Waals surface area (Å²) in [6.07, 6.45) is -0.884. The maximum absolute atomic E-state index is 10.9. The van der Waals surface area contributed by atoms with Gasteiger partial charge in [0.2, 0.25) is 0 Å². The van der Waals surface area contributed by atoms with E-state index in [4.69, 9.17) is 4.74 Å². The first-order chi connectivity index (χ1) is 5.72. The van der Waals surface area contributed by atoms with Crippen molar-refractivity contribution >= 4 is 12.1 Å². The molecule has 1 amide bonds. The molecule has 0 aliphatic heterocycles. The highest BCUT2D eigenvalue weighted by Crippen LogP contribution is 2.08. The number of hydrogen-bond acceptors (Lipinski definition) is 4. The van der Waals surface area contributed by atoms with Gasteiger partial charge < -0.3 is 9.57 Å². The minimum atomic E-state index is -0.884. The first-order valence-electron chi connectivity index (χ1n) is 3.87. The van der Waals surface area contributed by atoms with Gasteiger partial charge in [-0.3, -0.25) is 4.79 Å². The summed E-state index contributed by atoms with van der Waals surface area (Å²) in [5.41, 5.74) is -0.616. The van der Waals surface area contributed by atoms with E-state index < -0.39 is 11.8 Å². The Labute approximate surface area is 77.6 Å². The van der Waals surface area contributed by atoms with Crippen molar-refractivity contribution < 1.29 is 19.2 Å². The van der Waals surface area contributed by atoms with E-state index in [1.807, 2.05) is 0 Å². The molecule has 0 rings (SSSR count). The van der Waals surface area contributed by atoms with Crippen molar-refractivity contribution in [2.45, 2.75) is 33.3 Å². The molecule has 0 spiro atoms. The molecule has 0 unspecified atom stereocenters. The lowest BCUT2D eigenvalue weighted by Crippen LogP contribution is -2.32. The molecule has 76 valence electrons. The standard InChI is InChI=1S/C8H15NO4/c1-6(10)9(5)13-7(11)12-8(2,3)4/h1-5H3. The summed E-state index contributed by atoms with van der Waals surface area (Å²) in [6, 6.07) is 0. The maximum Gasteiger partial charge on any atom is 0.534 e. The normalized spacial score (nSPS) is 10.5. The van der Waals surface area contributed by atoms with Gasteiger partial charge in [0.05, 0.1) is 0 Å². The average molecular weight is 189 g/mol. The lowest BCUT2D eigenvalue weighted by molar-refractivity contribution is -0.167. The number of carbonyl (C=O) groups is 2. The minimum Gasteiger partial charge on any atom is -0.427 e. The van der Waals surface area contributed by atoms with Gasteiger partial charge in [-0.05, 0) is 20.8 Å². The molecule has 0 atom stereocenters. The summed E-state index contributed by atoms with van der Waals surface area (Å²) < 4.78 is 4.80. The zero-order valence-corrected chi connectivity index (χ0v) is 8.58. The van der Waals surface area contributed by atoms with Crippen LogP contribution in [0.5, 0.6) is 0 Å². The van der Waals surface area contributed by atoms with Crippen molar-refractivity contribution in [2.75, 3.05) is 7.05 Å². The van der Waals surface area contributed by atoms with Gasteiger partial charge in [-0.25, -0.2) is 4.79 Å². The van der Waals surface area contributed by atoms with Gasteiger partial charge in [0.15, 0.2) is 0 Å². The van der Waals surface area contributed by atoms with E-state index in [0.29, 0.717) is 0 Å². The van der Waals surface area contributed by atoms with Crippen LogP contribution in [0.15, 0.2) is 0 Å². The van der Waals surface area contributed by atoms with E-state index in [0.717, 1.165) is 5.06 Å². The first kappa shape index (κ1) is 11.7. The highest BCUT2D eigenvalue weighted by molar-refractivity contribution is 5.73. The molecule has 0 radical (unpaired) electrons. The van der Waals surface area contributed by atoms with E-state index in [9.17, 15) is 9.59 Å². The van der Waals surface area contributed by atoms with Gasteiger partial charge in [0.1, 0.15) is 5.60 Å². The topological polar surface area (TPSA) is 55.8 Å². The van der Waals surface area contributed by atoms with Crippen LogP contribution >= 0.6 is 0 Å². The second-order valence-electron chi connectivity index (χ2n) is 3.57. The molecule has 0 aromatic heterocycles. The molecule has 0 saturated heterocycles. The fourth-order valence-electron chi connectivity index (χ4n) is 0.445. The quantitative estimate of drug-likeness (QED) is 0.426. The average Bonchev–Trinajstić information content (AvgIpc) is 1.81. The number of rotatable bonds is 0. The van der Waals surface area contributed by atoms with Crippen molar-refractivity contribution in [2.24, 2.45) is 0 Å². The number of carbonyl (C=O) groups excluding carboxylic acids is 2. The van der Waals surface area contributed by atoms with E-state index in [2.05, 4.69) is 4.84 Å². The van der Waals surface area contributed by atoms with Crippen LogP contribution in [0, 0.1) is 0 Å². The Hall–Kier alpha value is -1.26. The van der Waals surface area contributed by atoms with Crippen LogP contribution in [-0.2, 0) is 14.4 Å². The Balaban J connectivity index is 3.96. The Kier molecular flexibility index (Phi) is 3.71. The third kappa shape index (κ3) is 5.95. The van der Waals surface area contributed by atoms with Crippen molar-refractivity contribution in [1.82, 2.24) is 5.06 Å². The lowest BCUT2D eigenvalue weighted by atomic mass is 10.2. The van der Waals surface area contributed by atoms with Gasteiger partial charge in [-0.1, -0.05) is 0 Å². The van der Waals surface area contributed by atoms with E-state index in [1.54, 1.807) is 20.8 Å². The fraction of sp³-hybridized carbons (Fsp3) is 0.750. The van der Waals surface area contributed by atoms with Crippen LogP contribution in [-0.4, -0.2) is 29.8 Å². The largest absolute Gasteiger partial charge is 0.534 e. The Bertz CT molecular complexity index is 207. The monoisotopic (exact) mass is 189 g/mol. The molecule has 0 saturated carbocycles. The third-order valence-corrected chi connectivity index (χ3v) is 1.04. The molecule has 0 bridgehead atoms. The van der Waals surface area contributed by atoms with Gasteiger partial charge in [0.25, 0.3) is 5.91 Å². The Morgan fingerprint density at radius 2 is 1.69 bits per heavy atom. The van der Waals surface area contributed by atoms with Crippen LogP contribution in [0.1, 0.15) is 27.7 Å². The zero-order chi connectivity index (χ0) is 10.6. The van der Waals surface area contributed by atoms with Crippen LogP contribution in [0.2, 0.25) is 0 Å². The molecule has 0 aliphatic rings. The molecular weight excluding hydrogens is 174 g/mol. The van der Waals surface area contributed by atoms with Gasteiger partial charge in [0, 0.05) is 14.0 Å². The number of nitrogens with zero attached hydrogens (tertiary/aromatic N) is 1. The van der Waals surface area contributed by atoms with E-state index in [1.165, 1.54) is 14.0 Å². The highest BCUT2D eigenvalue weighted by Gasteiger charge is 2.19. The maximum atomic E-state index is 10.9. The molecule has 13 heavy (non-hydrogen) atoms. The summed E-state index contributed by atoms with van der Waals surface area (Å²) in [5, 5.41) is 0.814. The Morgan fingerprint density at radius 1 is 1.23 bits per heavy atom. The zero-order valence-electron chi connectivity index (χ0n) is 8.58. The molecular formula is C8H15NO4. The minimum absolute atomic E-state index is 0.370. The van der Waals surface area contributed by atoms with Crippen molar-refractivity contribution in [3.8, 4) is 0 Å². The number of hydrogen-bond donors (Lipinski definition) is 0. The summed E-state index contributed by atoms with van der Waals surface area (Å²) in [6.45, 7) is 6.41. The van der Waals surface area contributed by atoms with Gasteiger partial charge in [-0.2, -0.15) is 5.06 Å². The molecule has 5 heteroatoms. The first-order valence-corrected chi connectivity index (χ1v) is 3.87. The second kappa shape index (κ2) is 4.11. The van der Waals surface area contributed by atoms with Crippen LogP contribution in [0.3, 0.4) is 0 Å². The van der Waals surface area contributed by atoms with Crippen molar-refractivity contribution in [3.05, 3.63) is 0 Å². The lowest BCUT2D eigenvalue weighted by Gasteiger charge is -2.20. The van der Waals surface area contributed by atoms with E-state index >= 15 is 0 Å². The summed E-state index contributed by atoms with van der Waals surface area (Å²) in [7, 11) is 1.34. The number of amides is 1. The highest BCUT2D eigenvalue weighted by atomic mass is 16.8.